The summed E-state index contributed by atoms with van der Waals surface area (Å²) >= 11 is 0. The summed E-state index contributed by atoms with van der Waals surface area (Å²) in [6.45, 7) is 0.966. The first-order chi connectivity index (χ1) is 11.5. The number of carbonyl (C=O) groups is 2. The van der Waals surface area contributed by atoms with Crippen LogP contribution in [0.25, 0.3) is 0 Å². The van der Waals surface area contributed by atoms with Crippen LogP contribution < -0.4 is 21.5 Å². The molecule has 0 saturated carbocycles. The maximum absolute atomic E-state index is 11.9. The third kappa shape index (κ3) is 5.06. The summed E-state index contributed by atoms with van der Waals surface area (Å²) in [7, 11) is 0. The number of phenolic OH excluding ortho intramolecular Hbond substituents is 1. The maximum atomic E-state index is 11.9. The van der Waals surface area contributed by atoms with Gasteiger partial charge in [-0.2, -0.15) is 0 Å². The number of rotatable bonds is 6. The van der Waals surface area contributed by atoms with Gasteiger partial charge in [-0.05, 0) is 48.5 Å². The van der Waals surface area contributed by atoms with Crippen molar-refractivity contribution in [3.8, 4) is 5.75 Å². The molecule has 0 saturated heterocycles. The number of nitrogens with one attached hydrogen (secondary N) is 3. The average molecular weight is 324 g/mol. The Balaban J connectivity index is 1.92. The van der Waals surface area contributed by atoms with E-state index in [0.717, 1.165) is 11.9 Å². The Morgan fingerprint density at radius 1 is 1.00 bits per heavy atom. The predicted octanol–water partition coefficient (Wildman–Crippen LogP) is 1.87. The molecule has 2 aromatic carbocycles. The van der Waals surface area contributed by atoms with Gasteiger partial charge in [0.25, 0.3) is 0 Å². The first-order valence-electron chi connectivity index (χ1n) is 7.42. The first kappa shape index (κ1) is 17.4. The number of benzene rings is 2. The molecule has 122 valence electrons. The normalized spacial score (nSPS) is 9.75. The van der Waals surface area contributed by atoms with Crippen molar-refractivity contribution in [1.29, 1.82) is 0 Å². The monoisotopic (exact) mass is 324 g/mol. The molecule has 0 radical (unpaired) electrons. The standard InChI is InChI=1S/C15H18B2N4O3/c1-16(18)17(10-22)21-13-4-2-11(3-5-13)19-15(24)20-12-6-8-14(23)9-7-12/h2-10,21,23H,18H2,1H3,(H2,19,20,24). The molecule has 0 atom stereocenters. The predicted molar refractivity (Wildman–Crippen MR) is 99.1 cm³/mol. The highest BCUT2D eigenvalue weighted by Gasteiger charge is 2.21. The Morgan fingerprint density at radius 3 is 1.92 bits per heavy atom. The molecule has 0 fully saturated rings. The number of carbonyl (C=O) groups excluding carboxylic acids is 2. The van der Waals surface area contributed by atoms with Gasteiger partial charge in [-0.3, -0.25) is 0 Å². The second kappa shape index (κ2) is 8.07. The van der Waals surface area contributed by atoms with E-state index in [2.05, 4.69) is 15.9 Å². The van der Waals surface area contributed by atoms with Gasteiger partial charge in [-0.25, -0.2) is 4.79 Å². The zero-order valence-corrected chi connectivity index (χ0v) is 13.2. The minimum absolute atomic E-state index is 0.129. The molecular formula is C15H18B2N4O3. The second-order valence-electron chi connectivity index (χ2n) is 5.37. The van der Waals surface area contributed by atoms with Crippen molar-refractivity contribution in [2.24, 2.45) is 5.64 Å². The summed E-state index contributed by atoms with van der Waals surface area (Å²) < 4.78 is 0. The van der Waals surface area contributed by atoms with E-state index < -0.39 is 12.8 Å². The van der Waals surface area contributed by atoms with Crippen LogP contribution in [0.3, 0.4) is 0 Å². The molecule has 2 rings (SSSR count). The average Bonchev–Trinajstić information content (AvgIpc) is 2.56. The molecule has 6 N–H and O–H groups in total. The number of hydrogen-bond acceptors (Lipinski definition) is 5. The molecular weight excluding hydrogens is 306 g/mol. The summed E-state index contributed by atoms with van der Waals surface area (Å²) in [4.78, 5) is 22.8. The zero-order valence-electron chi connectivity index (χ0n) is 13.2. The number of phenols is 1. The van der Waals surface area contributed by atoms with Crippen LogP contribution in [-0.2, 0) is 4.79 Å². The molecule has 0 bridgehead atoms. The molecule has 0 aliphatic heterocycles. The first-order valence-corrected chi connectivity index (χ1v) is 7.42. The fourth-order valence-corrected chi connectivity index (χ4v) is 1.97. The molecule has 0 heterocycles. The zero-order chi connectivity index (χ0) is 17.5. The minimum Gasteiger partial charge on any atom is -0.508 e. The van der Waals surface area contributed by atoms with Gasteiger partial charge in [0.2, 0.25) is 6.74 Å². The number of nitrogens with two attached hydrogens (primary N) is 1. The number of urea groups is 1. The maximum Gasteiger partial charge on any atom is 0.323 e. The van der Waals surface area contributed by atoms with Crippen LogP contribution in [0.1, 0.15) is 0 Å². The number of hydrogen-bond donors (Lipinski definition) is 5. The van der Waals surface area contributed by atoms with Crippen molar-refractivity contribution in [3.63, 3.8) is 0 Å². The van der Waals surface area contributed by atoms with E-state index in [1.54, 1.807) is 43.2 Å². The van der Waals surface area contributed by atoms with Crippen LogP contribution in [0.15, 0.2) is 48.5 Å². The van der Waals surface area contributed by atoms with Gasteiger partial charge >= 0.3 is 12.8 Å². The Morgan fingerprint density at radius 2 is 1.46 bits per heavy atom. The van der Waals surface area contributed by atoms with E-state index in [9.17, 15) is 14.7 Å². The molecule has 0 aliphatic rings. The Labute approximate surface area is 140 Å². The van der Waals surface area contributed by atoms with E-state index in [-0.39, 0.29) is 12.5 Å². The Hall–Kier alpha value is -2.93. The molecule has 9 heteroatoms. The smallest absolute Gasteiger partial charge is 0.323 e. The summed E-state index contributed by atoms with van der Waals surface area (Å²) in [6.07, 6.45) is 0.766. The van der Waals surface area contributed by atoms with E-state index in [1.165, 1.54) is 12.1 Å². The van der Waals surface area contributed by atoms with Gasteiger partial charge < -0.3 is 31.4 Å². The van der Waals surface area contributed by atoms with Crippen molar-refractivity contribution in [2.45, 2.75) is 6.82 Å². The fraction of sp³-hybridized carbons (Fsp3) is 0.0667. The quantitative estimate of drug-likeness (QED) is 0.316. The lowest BCUT2D eigenvalue weighted by atomic mass is 9.23. The lowest BCUT2D eigenvalue weighted by Gasteiger charge is -2.13. The van der Waals surface area contributed by atoms with E-state index in [0.29, 0.717) is 11.4 Å². The van der Waals surface area contributed by atoms with E-state index in [4.69, 9.17) is 5.64 Å². The van der Waals surface area contributed by atoms with Gasteiger partial charge in [0, 0.05) is 17.1 Å². The van der Waals surface area contributed by atoms with Gasteiger partial charge in [0.05, 0.1) is 6.19 Å². The van der Waals surface area contributed by atoms with Gasteiger partial charge in [0.1, 0.15) is 5.75 Å². The van der Waals surface area contributed by atoms with E-state index >= 15 is 0 Å². The number of aromatic hydroxyl groups is 1. The molecule has 0 aromatic heterocycles. The molecule has 2 aromatic rings. The summed E-state index contributed by atoms with van der Waals surface area (Å²) in [6, 6.07) is 12.7. The summed E-state index contributed by atoms with van der Waals surface area (Å²) in [5, 5.41) is 17.5. The highest BCUT2D eigenvalue weighted by Crippen LogP contribution is 2.16. The van der Waals surface area contributed by atoms with Crippen molar-refractivity contribution in [1.82, 2.24) is 0 Å². The van der Waals surface area contributed by atoms with Crippen LogP contribution >= 0.6 is 0 Å². The largest absolute Gasteiger partial charge is 0.508 e. The summed E-state index contributed by atoms with van der Waals surface area (Å²) in [5.41, 5.74) is 7.59. The third-order valence-corrected chi connectivity index (χ3v) is 3.31. The summed E-state index contributed by atoms with van der Waals surface area (Å²) in [5.74, 6) is 0.129. The third-order valence-electron chi connectivity index (χ3n) is 3.31. The van der Waals surface area contributed by atoms with Crippen molar-refractivity contribution < 1.29 is 14.7 Å². The van der Waals surface area contributed by atoms with Crippen LogP contribution in [-0.4, -0.2) is 30.8 Å². The topological polar surface area (TPSA) is 116 Å². The lowest BCUT2D eigenvalue weighted by Crippen LogP contribution is -2.48. The minimum atomic E-state index is -0.471. The van der Waals surface area contributed by atoms with Crippen molar-refractivity contribution in [2.75, 3.05) is 15.9 Å². The van der Waals surface area contributed by atoms with Gasteiger partial charge in [-0.15, -0.1) is 0 Å². The SMILES string of the molecule is CB(N)B(C=O)Nc1ccc(NC(=O)Nc2ccc(O)cc2)cc1. The molecule has 0 spiro atoms. The Kier molecular flexibility index (Phi) is 5.86. The molecule has 2 amide bonds. The van der Waals surface area contributed by atoms with Crippen LogP contribution in [0, 0.1) is 0 Å². The molecule has 0 unspecified atom stereocenters. The second-order valence-corrected chi connectivity index (χ2v) is 5.37. The van der Waals surface area contributed by atoms with Crippen molar-refractivity contribution >= 4 is 42.8 Å². The highest BCUT2D eigenvalue weighted by molar-refractivity contribution is 7.32. The molecule has 24 heavy (non-hydrogen) atoms. The fourth-order valence-electron chi connectivity index (χ4n) is 1.97. The molecule has 0 aliphatic carbocycles. The van der Waals surface area contributed by atoms with Gasteiger partial charge in [0.15, 0.2) is 0 Å². The van der Waals surface area contributed by atoms with Crippen LogP contribution in [0.4, 0.5) is 21.9 Å². The number of amides is 2. The van der Waals surface area contributed by atoms with E-state index in [1.807, 2.05) is 0 Å². The van der Waals surface area contributed by atoms with Crippen molar-refractivity contribution in [3.05, 3.63) is 48.5 Å². The lowest BCUT2D eigenvalue weighted by molar-refractivity contribution is 0.262. The molecule has 7 nitrogen and oxygen atoms in total. The Bertz CT molecular complexity index is 693. The number of anilines is 3. The van der Waals surface area contributed by atoms with Gasteiger partial charge in [-0.1, -0.05) is 6.82 Å². The van der Waals surface area contributed by atoms with Crippen LogP contribution in [0.2, 0.25) is 6.82 Å². The highest BCUT2D eigenvalue weighted by atomic mass is 16.3. The van der Waals surface area contributed by atoms with Crippen LogP contribution in [0.5, 0.6) is 5.75 Å².